The summed E-state index contributed by atoms with van der Waals surface area (Å²) in [7, 11) is 0. The fraction of sp³-hybridized carbons (Fsp3) is 0.312. The van der Waals surface area contributed by atoms with Crippen LogP contribution in [0.5, 0.6) is 0 Å². The fourth-order valence-electron chi connectivity index (χ4n) is 1.52. The van der Waals surface area contributed by atoms with E-state index in [1.54, 1.807) is 6.92 Å². The molecule has 0 aromatic heterocycles. The normalized spacial score (nSPS) is 10.8. The van der Waals surface area contributed by atoms with Gasteiger partial charge in [-0.3, -0.25) is 0 Å². The molecule has 0 atom stereocenters. The average Bonchev–Trinajstić information content (AvgIpc) is 2.38. The zero-order chi connectivity index (χ0) is 14.1. The molecule has 0 unspecified atom stereocenters. The molecule has 3 heteroatoms. The molecule has 102 valence electrons. The van der Waals surface area contributed by atoms with E-state index in [1.807, 2.05) is 44.2 Å². The minimum atomic E-state index is -0.328. The molecule has 0 saturated carbocycles. The van der Waals surface area contributed by atoms with Crippen molar-refractivity contribution < 1.29 is 9.53 Å². The quantitative estimate of drug-likeness (QED) is 0.484. The maximum Gasteiger partial charge on any atom is 0.332 e. The number of hydrogen-bond donors (Lipinski definition) is 1. The van der Waals surface area contributed by atoms with Crippen LogP contribution in [0.1, 0.15) is 26.3 Å². The molecule has 0 fully saturated rings. The Morgan fingerprint density at radius 2 is 1.95 bits per heavy atom. The maximum absolute atomic E-state index is 11.6. The summed E-state index contributed by atoms with van der Waals surface area (Å²) in [5, 5.41) is 3.24. The van der Waals surface area contributed by atoms with Crippen molar-refractivity contribution in [3.63, 3.8) is 0 Å². The molecule has 1 aromatic carbocycles. The summed E-state index contributed by atoms with van der Waals surface area (Å²) >= 11 is 0. The van der Waals surface area contributed by atoms with Gasteiger partial charge in [-0.15, -0.1) is 0 Å². The first-order chi connectivity index (χ1) is 9.13. The SMILES string of the molecule is CCOC(=O)/C=C(\NCC=C(C)C)c1ccccc1. The first-order valence-corrected chi connectivity index (χ1v) is 6.44. The highest BCUT2D eigenvalue weighted by Crippen LogP contribution is 2.11. The fourth-order valence-corrected chi connectivity index (χ4v) is 1.52. The van der Waals surface area contributed by atoms with Gasteiger partial charge in [0.05, 0.1) is 6.61 Å². The van der Waals surface area contributed by atoms with Crippen molar-refractivity contribution in [2.24, 2.45) is 0 Å². The lowest BCUT2D eigenvalue weighted by atomic mass is 10.1. The Bertz CT molecular complexity index is 457. The summed E-state index contributed by atoms with van der Waals surface area (Å²) in [6.07, 6.45) is 3.57. The Kier molecular flexibility index (Phi) is 6.44. The third kappa shape index (κ3) is 5.91. The third-order valence-electron chi connectivity index (χ3n) is 2.44. The number of allylic oxidation sites excluding steroid dienone is 1. The first-order valence-electron chi connectivity index (χ1n) is 6.44. The monoisotopic (exact) mass is 259 g/mol. The van der Waals surface area contributed by atoms with Crippen molar-refractivity contribution in [2.75, 3.05) is 13.2 Å². The van der Waals surface area contributed by atoms with Crippen LogP contribution in [0.2, 0.25) is 0 Å². The van der Waals surface area contributed by atoms with Gasteiger partial charge in [0.15, 0.2) is 0 Å². The number of ether oxygens (including phenoxy) is 1. The summed E-state index contributed by atoms with van der Waals surface area (Å²) in [4.78, 5) is 11.6. The smallest absolute Gasteiger partial charge is 0.332 e. The summed E-state index contributed by atoms with van der Waals surface area (Å²) in [6, 6.07) is 9.75. The van der Waals surface area contributed by atoms with E-state index in [1.165, 1.54) is 11.6 Å². The molecule has 1 rings (SSSR count). The number of carbonyl (C=O) groups is 1. The van der Waals surface area contributed by atoms with Crippen LogP contribution in [0.25, 0.3) is 5.70 Å². The van der Waals surface area contributed by atoms with Gasteiger partial charge in [0.25, 0.3) is 0 Å². The average molecular weight is 259 g/mol. The summed E-state index contributed by atoms with van der Waals surface area (Å²) < 4.78 is 4.95. The molecule has 0 heterocycles. The molecule has 0 aliphatic heterocycles. The van der Waals surface area contributed by atoms with Gasteiger partial charge in [-0.2, -0.15) is 0 Å². The number of rotatable bonds is 6. The molecule has 1 N–H and O–H groups in total. The zero-order valence-electron chi connectivity index (χ0n) is 11.8. The van der Waals surface area contributed by atoms with Crippen LogP contribution in [0.15, 0.2) is 48.1 Å². The van der Waals surface area contributed by atoms with Gasteiger partial charge in [-0.25, -0.2) is 4.79 Å². The van der Waals surface area contributed by atoms with E-state index in [0.29, 0.717) is 13.2 Å². The van der Waals surface area contributed by atoms with Crippen LogP contribution in [0, 0.1) is 0 Å². The Hall–Kier alpha value is -2.03. The lowest BCUT2D eigenvalue weighted by Gasteiger charge is -2.10. The van der Waals surface area contributed by atoms with E-state index in [-0.39, 0.29) is 5.97 Å². The van der Waals surface area contributed by atoms with Gasteiger partial charge < -0.3 is 10.1 Å². The lowest BCUT2D eigenvalue weighted by Crippen LogP contribution is -2.14. The van der Waals surface area contributed by atoms with E-state index in [9.17, 15) is 4.79 Å². The van der Waals surface area contributed by atoms with Gasteiger partial charge in [0, 0.05) is 18.3 Å². The number of hydrogen-bond acceptors (Lipinski definition) is 3. The minimum Gasteiger partial charge on any atom is -0.463 e. The Labute approximate surface area is 115 Å². The minimum absolute atomic E-state index is 0.328. The predicted molar refractivity (Wildman–Crippen MR) is 78.5 cm³/mol. The van der Waals surface area contributed by atoms with E-state index < -0.39 is 0 Å². The second-order valence-electron chi connectivity index (χ2n) is 4.34. The highest BCUT2D eigenvalue weighted by atomic mass is 16.5. The molecule has 0 aliphatic carbocycles. The van der Waals surface area contributed by atoms with Crippen LogP contribution in [0.3, 0.4) is 0 Å². The standard InChI is InChI=1S/C16H21NO2/c1-4-19-16(18)12-15(17-11-10-13(2)3)14-8-6-5-7-9-14/h5-10,12,17H,4,11H2,1-3H3/b15-12-. The Morgan fingerprint density at radius 3 is 2.53 bits per heavy atom. The zero-order valence-corrected chi connectivity index (χ0v) is 11.8. The molecule has 0 spiro atoms. The van der Waals surface area contributed by atoms with Crippen molar-refractivity contribution in [1.29, 1.82) is 0 Å². The Balaban J connectivity index is 2.85. The highest BCUT2D eigenvalue weighted by Gasteiger charge is 2.04. The van der Waals surface area contributed by atoms with Crippen molar-refractivity contribution >= 4 is 11.7 Å². The number of benzene rings is 1. The molecular formula is C16H21NO2. The van der Waals surface area contributed by atoms with Gasteiger partial charge in [-0.1, -0.05) is 42.0 Å². The van der Waals surface area contributed by atoms with E-state index in [4.69, 9.17) is 4.74 Å². The largest absolute Gasteiger partial charge is 0.463 e. The molecular weight excluding hydrogens is 238 g/mol. The molecule has 19 heavy (non-hydrogen) atoms. The second-order valence-corrected chi connectivity index (χ2v) is 4.34. The molecule has 0 radical (unpaired) electrons. The first kappa shape index (κ1) is 15.0. The van der Waals surface area contributed by atoms with Crippen LogP contribution in [-0.2, 0) is 9.53 Å². The van der Waals surface area contributed by atoms with Crippen molar-refractivity contribution in [3.05, 3.63) is 53.6 Å². The summed E-state index contributed by atoms with van der Waals surface area (Å²) in [6.45, 7) is 6.94. The summed E-state index contributed by atoms with van der Waals surface area (Å²) in [5.74, 6) is -0.328. The molecule has 0 bridgehead atoms. The Morgan fingerprint density at radius 1 is 1.26 bits per heavy atom. The molecule has 0 saturated heterocycles. The second kappa shape index (κ2) is 8.14. The van der Waals surface area contributed by atoms with Crippen molar-refractivity contribution in [1.82, 2.24) is 5.32 Å². The van der Waals surface area contributed by atoms with Crippen LogP contribution in [-0.4, -0.2) is 19.1 Å². The van der Waals surface area contributed by atoms with Crippen molar-refractivity contribution in [3.8, 4) is 0 Å². The third-order valence-corrected chi connectivity index (χ3v) is 2.44. The number of nitrogens with one attached hydrogen (secondary N) is 1. The van der Waals surface area contributed by atoms with Crippen LogP contribution in [0.4, 0.5) is 0 Å². The molecule has 0 amide bonds. The van der Waals surface area contributed by atoms with Gasteiger partial charge in [0.1, 0.15) is 0 Å². The predicted octanol–water partition coefficient (Wildman–Crippen LogP) is 3.15. The molecule has 0 aliphatic rings. The topological polar surface area (TPSA) is 38.3 Å². The maximum atomic E-state index is 11.6. The number of carbonyl (C=O) groups excluding carboxylic acids is 1. The van der Waals surface area contributed by atoms with Crippen LogP contribution >= 0.6 is 0 Å². The summed E-state index contributed by atoms with van der Waals surface area (Å²) in [5.41, 5.74) is 2.98. The van der Waals surface area contributed by atoms with Crippen molar-refractivity contribution in [2.45, 2.75) is 20.8 Å². The van der Waals surface area contributed by atoms with Gasteiger partial charge >= 0.3 is 5.97 Å². The van der Waals surface area contributed by atoms with Gasteiger partial charge in [0.2, 0.25) is 0 Å². The molecule has 3 nitrogen and oxygen atoms in total. The van der Waals surface area contributed by atoms with E-state index >= 15 is 0 Å². The van der Waals surface area contributed by atoms with Gasteiger partial charge in [-0.05, 0) is 26.3 Å². The number of esters is 1. The lowest BCUT2D eigenvalue weighted by molar-refractivity contribution is -0.137. The molecule has 1 aromatic rings. The highest BCUT2D eigenvalue weighted by molar-refractivity contribution is 5.90. The van der Waals surface area contributed by atoms with E-state index in [0.717, 1.165) is 11.3 Å². The van der Waals surface area contributed by atoms with Crippen LogP contribution < -0.4 is 5.32 Å². The van der Waals surface area contributed by atoms with E-state index in [2.05, 4.69) is 11.4 Å².